The average Bonchev–Trinajstić information content (AvgIpc) is 3.20. The number of aliphatic hydroxyl groups excluding tert-OH is 1. The lowest BCUT2D eigenvalue weighted by molar-refractivity contribution is 0.0774. The molecule has 0 radical (unpaired) electrons. The first-order chi connectivity index (χ1) is 16.1. The molecule has 8 nitrogen and oxygen atoms in total. The second-order valence-corrected chi connectivity index (χ2v) is 10.3. The van der Waals surface area contributed by atoms with E-state index in [2.05, 4.69) is 15.0 Å². The molecule has 9 heteroatoms. The highest BCUT2D eigenvalue weighted by atomic mass is 32.2. The molecule has 0 bridgehead atoms. The zero-order chi connectivity index (χ0) is 24.9. The number of nitrogens with one attached hydrogen (secondary N) is 3. The van der Waals surface area contributed by atoms with Crippen molar-refractivity contribution in [3.63, 3.8) is 0 Å². The Bertz CT molecular complexity index is 1230. The number of anilines is 1. The normalized spacial score (nSPS) is 13.6. The summed E-state index contributed by atoms with van der Waals surface area (Å²) in [5.41, 5.74) is 3.65. The summed E-state index contributed by atoms with van der Waals surface area (Å²) in [6, 6.07) is 12.6. The third-order valence-electron chi connectivity index (χ3n) is 5.84. The van der Waals surface area contributed by atoms with Gasteiger partial charge in [-0.05, 0) is 56.5 Å². The van der Waals surface area contributed by atoms with Crippen molar-refractivity contribution in [2.24, 2.45) is 0 Å². The topological polar surface area (TPSA) is 115 Å². The number of sulfonamides is 1. The van der Waals surface area contributed by atoms with Crippen LogP contribution in [0.4, 0.5) is 5.69 Å². The van der Waals surface area contributed by atoms with Crippen molar-refractivity contribution in [1.29, 1.82) is 0 Å². The van der Waals surface area contributed by atoms with Gasteiger partial charge in [0.15, 0.2) is 0 Å². The Balaban J connectivity index is 1.66. The van der Waals surface area contributed by atoms with E-state index < -0.39 is 16.1 Å². The van der Waals surface area contributed by atoms with Crippen LogP contribution in [0.25, 0.3) is 10.9 Å². The number of hydrogen-bond acceptors (Lipinski definition) is 5. The number of aromatic nitrogens is 1. The lowest BCUT2D eigenvalue weighted by atomic mass is 10.0. The molecule has 3 rings (SSSR count). The highest BCUT2D eigenvalue weighted by molar-refractivity contribution is 7.92. The van der Waals surface area contributed by atoms with Crippen LogP contribution in [-0.2, 0) is 16.4 Å². The van der Waals surface area contributed by atoms with E-state index in [0.29, 0.717) is 42.9 Å². The summed E-state index contributed by atoms with van der Waals surface area (Å²) in [4.78, 5) is 18.0. The molecule has 0 aliphatic rings. The van der Waals surface area contributed by atoms with Gasteiger partial charge in [0.1, 0.15) is 0 Å². The number of fused-ring (bicyclic) bond motifs is 1. The van der Waals surface area contributed by atoms with Crippen LogP contribution in [0.3, 0.4) is 0 Å². The molecule has 0 aliphatic carbocycles. The highest BCUT2D eigenvalue weighted by Crippen LogP contribution is 2.24. The highest BCUT2D eigenvalue weighted by Gasteiger charge is 2.18. The molecular weight excluding hydrogens is 452 g/mol. The Morgan fingerprint density at radius 3 is 2.53 bits per heavy atom. The number of H-pyrrole nitrogens is 1. The number of carbonyl (C=O) groups is 1. The molecule has 3 aromatic rings. The van der Waals surface area contributed by atoms with E-state index >= 15 is 0 Å². The molecule has 0 saturated heterocycles. The number of rotatable bonds is 11. The molecule has 0 saturated carbocycles. The van der Waals surface area contributed by atoms with Crippen molar-refractivity contribution in [3.05, 3.63) is 65.4 Å². The minimum absolute atomic E-state index is 0.0193. The molecule has 0 fully saturated rings. The minimum atomic E-state index is -3.38. The fourth-order valence-electron chi connectivity index (χ4n) is 4.10. The first kappa shape index (κ1) is 25.7. The number of benzene rings is 2. The molecule has 4 N–H and O–H groups in total. The predicted molar refractivity (Wildman–Crippen MR) is 137 cm³/mol. The third-order valence-corrected chi connectivity index (χ3v) is 6.45. The summed E-state index contributed by atoms with van der Waals surface area (Å²) in [7, 11) is -3.38. The van der Waals surface area contributed by atoms with Crippen LogP contribution in [0.15, 0.2) is 48.7 Å². The maximum absolute atomic E-state index is 12.9. The molecule has 0 unspecified atom stereocenters. The van der Waals surface area contributed by atoms with Crippen LogP contribution in [0.5, 0.6) is 0 Å². The Labute approximate surface area is 201 Å². The van der Waals surface area contributed by atoms with Crippen LogP contribution < -0.4 is 10.0 Å². The van der Waals surface area contributed by atoms with E-state index in [4.69, 9.17) is 0 Å². The van der Waals surface area contributed by atoms with E-state index in [0.717, 1.165) is 22.7 Å². The average molecular weight is 487 g/mol. The van der Waals surface area contributed by atoms with Gasteiger partial charge >= 0.3 is 0 Å². The number of hydrogen-bond donors (Lipinski definition) is 4. The van der Waals surface area contributed by atoms with Crippen molar-refractivity contribution < 1.29 is 18.3 Å². The number of aliphatic hydroxyl groups is 1. The van der Waals surface area contributed by atoms with Gasteiger partial charge < -0.3 is 20.3 Å². The third kappa shape index (κ3) is 6.37. The van der Waals surface area contributed by atoms with Gasteiger partial charge in [-0.2, -0.15) is 0 Å². The Morgan fingerprint density at radius 2 is 1.85 bits per heavy atom. The van der Waals surface area contributed by atoms with Crippen LogP contribution in [0, 0.1) is 0 Å². The zero-order valence-corrected chi connectivity index (χ0v) is 20.9. The SMILES string of the molecule is CCN(CC)C(=O)c1cccc2c(C[C@@H](C)NC[C@@H](O)c3cccc(NS(C)(=O)=O)c3)c[nH]c12. The fraction of sp³-hybridized carbons (Fsp3) is 0.400. The summed E-state index contributed by atoms with van der Waals surface area (Å²) in [5.74, 6) is 0.0193. The summed E-state index contributed by atoms with van der Waals surface area (Å²) >= 11 is 0. The van der Waals surface area contributed by atoms with Crippen LogP contribution in [-0.4, -0.2) is 61.2 Å². The number of para-hydroxylation sites is 1. The number of amides is 1. The van der Waals surface area contributed by atoms with Gasteiger partial charge in [0, 0.05) is 42.9 Å². The van der Waals surface area contributed by atoms with Gasteiger partial charge in [0.25, 0.3) is 5.91 Å². The van der Waals surface area contributed by atoms with Crippen molar-refractivity contribution in [3.8, 4) is 0 Å². The van der Waals surface area contributed by atoms with Crippen molar-refractivity contribution in [1.82, 2.24) is 15.2 Å². The standard InChI is InChI=1S/C25H34N4O4S/c1-5-29(6-2)25(31)22-12-8-11-21-19(15-27-24(21)22)13-17(3)26-16-23(30)18-9-7-10-20(14-18)28-34(4,32)33/h7-12,14-15,17,23,26-28,30H,5-6,13,16H2,1-4H3/t17-,23-/m1/s1. The predicted octanol–water partition coefficient (Wildman–Crippen LogP) is 3.28. The Morgan fingerprint density at radius 1 is 1.15 bits per heavy atom. The van der Waals surface area contributed by atoms with Gasteiger partial charge in [-0.25, -0.2) is 8.42 Å². The fourth-order valence-corrected chi connectivity index (χ4v) is 4.65. The largest absolute Gasteiger partial charge is 0.387 e. The van der Waals surface area contributed by atoms with Crippen molar-refractivity contribution in [2.45, 2.75) is 39.3 Å². The molecule has 1 heterocycles. The summed E-state index contributed by atoms with van der Waals surface area (Å²) < 4.78 is 25.3. The molecular formula is C25H34N4O4S. The number of aromatic amines is 1. The molecule has 184 valence electrons. The monoisotopic (exact) mass is 486 g/mol. The van der Waals surface area contributed by atoms with E-state index in [9.17, 15) is 18.3 Å². The van der Waals surface area contributed by atoms with E-state index in [1.807, 2.05) is 45.2 Å². The van der Waals surface area contributed by atoms with Crippen LogP contribution in [0.2, 0.25) is 0 Å². The molecule has 0 aliphatic heterocycles. The van der Waals surface area contributed by atoms with Gasteiger partial charge in [-0.1, -0.05) is 24.3 Å². The van der Waals surface area contributed by atoms with Gasteiger partial charge in [-0.15, -0.1) is 0 Å². The molecule has 0 spiro atoms. The quantitative estimate of drug-likeness (QED) is 0.332. The van der Waals surface area contributed by atoms with Gasteiger partial charge in [-0.3, -0.25) is 9.52 Å². The van der Waals surface area contributed by atoms with Crippen LogP contribution in [0.1, 0.15) is 48.4 Å². The zero-order valence-electron chi connectivity index (χ0n) is 20.1. The lowest BCUT2D eigenvalue weighted by Gasteiger charge is -2.19. The Hall–Kier alpha value is -2.88. The smallest absolute Gasteiger partial charge is 0.255 e. The van der Waals surface area contributed by atoms with Gasteiger partial charge in [0.2, 0.25) is 10.0 Å². The number of nitrogens with zero attached hydrogens (tertiary/aromatic N) is 1. The minimum Gasteiger partial charge on any atom is -0.387 e. The van der Waals surface area contributed by atoms with Crippen LogP contribution >= 0.6 is 0 Å². The molecule has 2 aromatic carbocycles. The van der Waals surface area contributed by atoms with Gasteiger partial charge in [0.05, 0.1) is 23.4 Å². The molecule has 34 heavy (non-hydrogen) atoms. The van der Waals surface area contributed by atoms with Crippen molar-refractivity contribution >= 4 is 32.5 Å². The van der Waals surface area contributed by atoms with E-state index in [1.54, 1.807) is 29.2 Å². The number of carbonyl (C=O) groups excluding carboxylic acids is 1. The second kappa shape index (κ2) is 11.0. The molecule has 2 atom stereocenters. The summed E-state index contributed by atoms with van der Waals surface area (Å²) in [6.45, 7) is 7.63. The maximum atomic E-state index is 12.9. The first-order valence-corrected chi connectivity index (χ1v) is 13.4. The van der Waals surface area contributed by atoms with Crippen molar-refractivity contribution in [2.75, 3.05) is 30.6 Å². The Kier molecular flexibility index (Phi) is 8.35. The summed E-state index contributed by atoms with van der Waals surface area (Å²) in [6.07, 6.45) is 2.96. The molecule has 1 aromatic heterocycles. The lowest BCUT2D eigenvalue weighted by Crippen LogP contribution is -2.32. The molecule has 1 amide bonds. The first-order valence-electron chi connectivity index (χ1n) is 11.5. The summed E-state index contributed by atoms with van der Waals surface area (Å²) in [5, 5.41) is 15.0. The van der Waals surface area contributed by atoms with E-state index in [1.165, 1.54) is 0 Å². The maximum Gasteiger partial charge on any atom is 0.255 e. The second-order valence-electron chi connectivity index (χ2n) is 8.55. The van der Waals surface area contributed by atoms with E-state index in [-0.39, 0.29) is 11.9 Å².